The van der Waals surface area contributed by atoms with Crippen LogP contribution in [0.5, 0.6) is 0 Å². The molecular formula is C16H18ClNO4. The highest BCUT2D eigenvalue weighted by atomic mass is 35.5. The summed E-state index contributed by atoms with van der Waals surface area (Å²) in [5.74, 6) is -0.930. The predicted molar refractivity (Wildman–Crippen MR) is 83.8 cm³/mol. The molecule has 6 heteroatoms. The fraction of sp³-hybridized carbons (Fsp3) is 0.375. The first-order valence-corrected chi connectivity index (χ1v) is 7.25. The van der Waals surface area contributed by atoms with Crippen molar-refractivity contribution in [2.45, 2.75) is 39.3 Å². The smallest absolute Gasteiger partial charge is 0.407 e. The van der Waals surface area contributed by atoms with Gasteiger partial charge in [0, 0.05) is 23.6 Å². The topological polar surface area (TPSA) is 75.6 Å². The molecule has 2 N–H and O–H groups in total. The van der Waals surface area contributed by atoms with Crippen molar-refractivity contribution < 1.29 is 19.4 Å². The molecule has 0 atom stereocenters. The fourth-order valence-electron chi connectivity index (χ4n) is 2.16. The molecule has 5 nitrogen and oxygen atoms in total. The maximum atomic E-state index is 11.7. The molecular weight excluding hydrogens is 306 g/mol. The summed E-state index contributed by atoms with van der Waals surface area (Å²) in [5, 5.41) is 12.2. The van der Waals surface area contributed by atoms with Crippen LogP contribution in [0, 0.1) is 0 Å². The number of nitrogens with one attached hydrogen (secondary N) is 1. The number of alkyl carbamates (subject to hydrolysis) is 1. The molecule has 1 aliphatic rings. The molecule has 0 spiro atoms. The van der Waals surface area contributed by atoms with Crippen LogP contribution in [0.2, 0.25) is 5.02 Å². The summed E-state index contributed by atoms with van der Waals surface area (Å²) in [6.45, 7) is 5.57. The minimum Gasteiger partial charge on any atom is -0.478 e. The van der Waals surface area contributed by atoms with Crippen molar-refractivity contribution in [3.8, 4) is 0 Å². The SMILES string of the molecule is CC(C)(C)OC(=O)NCc1cc2c(cc1Cl)CC(C(=O)O)=C2. The van der Waals surface area contributed by atoms with Crippen molar-refractivity contribution in [1.82, 2.24) is 5.32 Å². The van der Waals surface area contributed by atoms with Crippen molar-refractivity contribution in [2.24, 2.45) is 0 Å². The van der Waals surface area contributed by atoms with Crippen LogP contribution >= 0.6 is 11.6 Å². The number of carbonyl (C=O) groups excluding carboxylic acids is 1. The van der Waals surface area contributed by atoms with Crippen LogP contribution in [0.25, 0.3) is 6.08 Å². The second-order valence-corrected chi connectivity index (χ2v) is 6.56. The van der Waals surface area contributed by atoms with E-state index in [-0.39, 0.29) is 6.54 Å². The highest BCUT2D eigenvalue weighted by Gasteiger charge is 2.20. The predicted octanol–water partition coefficient (Wildman–Crippen LogP) is 3.39. The lowest BCUT2D eigenvalue weighted by atomic mass is 10.1. The quantitative estimate of drug-likeness (QED) is 0.894. The summed E-state index contributed by atoms with van der Waals surface area (Å²) in [6, 6.07) is 3.54. The van der Waals surface area contributed by atoms with Gasteiger partial charge in [0.2, 0.25) is 0 Å². The average Bonchev–Trinajstić information content (AvgIpc) is 2.76. The van der Waals surface area contributed by atoms with Gasteiger partial charge < -0.3 is 15.2 Å². The number of hydrogen-bond acceptors (Lipinski definition) is 3. The van der Waals surface area contributed by atoms with Gasteiger partial charge in [-0.25, -0.2) is 9.59 Å². The zero-order chi connectivity index (χ0) is 16.5. The van der Waals surface area contributed by atoms with Gasteiger partial charge in [-0.1, -0.05) is 11.6 Å². The summed E-state index contributed by atoms with van der Waals surface area (Å²) in [7, 11) is 0. The lowest BCUT2D eigenvalue weighted by Gasteiger charge is -2.20. The summed E-state index contributed by atoms with van der Waals surface area (Å²) in [5.41, 5.74) is 2.19. The van der Waals surface area contributed by atoms with Crippen molar-refractivity contribution >= 4 is 29.7 Å². The molecule has 0 aliphatic heterocycles. The molecule has 22 heavy (non-hydrogen) atoms. The van der Waals surface area contributed by atoms with Crippen LogP contribution in [-0.4, -0.2) is 22.8 Å². The zero-order valence-corrected chi connectivity index (χ0v) is 13.5. The monoisotopic (exact) mass is 323 g/mol. The van der Waals surface area contributed by atoms with Gasteiger partial charge in [0.1, 0.15) is 5.60 Å². The number of benzene rings is 1. The van der Waals surface area contributed by atoms with E-state index in [9.17, 15) is 9.59 Å². The molecule has 0 saturated carbocycles. The highest BCUT2D eigenvalue weighted by molar-refractivity contribution is 6.31. The third-order valence-electron chi connectivity index (χ3n) is 3.12. The first kappa shape index (κ1) is 16.4. The first-order chi connectivity index (χ1) is 10.2. The molecule has 0 heterocycles. The van der Waals surface area contributed by atoms with Crippen molar-refractivity contribution in [1.29, 1.82) is 0 Å². The van der Waals surface area contributed by atoms with Gasteiger partial charge in [0.15, 0.2) is 0 Å². The molecule has 1 aromatic carbocycles. The van der Waals surface area contributed by atoms with E-state index in [2.05, 4.69) is 5.32 Å². The number of carbonyl (C=O) groups is 2. The Hall–Kier alpha value is -2.01. The highest BCUT2D eigenvalue weighted by Crippen LogP contribution is 2.30. The summed E-state index contributed by atoms with van der Waals surface area (Å²) in [6.07, 6.45) is 1.47. The molecule has 0 unspecified atom stereocenters. The maximum absolute atomic E-state index is 11.7. The van der Waals surface area contributed by atoms with E-state index in [1.54, 1.807) is 39.0 Å². The molecule has 1 amide bonds. The van der Waals surface area contributed by atoms with E-state index < -0.39 is 17.7 Å². The van der Waals surface area contributed by atoms with Gasteiger partial charge in [0.25, 0.3) is 0 Å². The number of ether oxygens (including phenoxy) is 1. The number of carboxylic acids is 1. The number of fused-ring (bicyclic) bond motifs is 1. The third kappa shape index (κ3) is 4.01. The lowest BCUT2D eigenvalue weighted by molar-refractivity contribution is -0.132. The van der Waals surface area contributed by atoms with Gasteiger partial charge in [-0.05, 0) is 55.7 Å². The Kier molecular flexibility index (Phi) is 4.47. The van der Waals surface area contributed by atoms with E-state index in [1.807, 2.05) is 0 Å². The Bertz CT molecular complexity index is 659. The van der Waals surface area contributed by atoms with Gasteiger partial charge >= 0.3 is 12.1 Å². The van der Waals surface area contributed by atoms with Gasteiger partial charge in [0.05, 0.1) is 0 Å². The number of halogens is 1. The Morgan fingerprint density at radius 3 is 2.64 bits per heavy atom. The molecule has 0 bridgehead atoms. The summed E-state index contributed by atoms with van der Waals surface area (Å²) >= 11 is 6.19. The number of aliphatic carboxylic acids is 1. The van der Waals surface area contributed by atoms with Crippen molar-refractivity contribution in [3.63, 3.8) is 0 Å². The Balaban J connectivity index is 2.09. The van der Waals surface area contributed by atoms with E-state index >= 15 is 0 Å². The van der Waals surface area contributed by atoms with Crippen molar-refractivity contribution in [3.05, 3.63) is 39.4 Å². The molecule has 2 rings (SSSR count). The van der Waals surface area contributed by atoms with Crippen LogP contribution < -0.4 is 5.32 Å². The Labute approximate surface area is 133 Å². The number of hydrogen-bond donors (Lipinski definition) is 2. The molecule has 0 aromatic heterocycles. The van der Waals surface area contributed by atoms with Gasteiger partial charge in [-0.3, -0.25) is 0 Å². The number of amides is 1. The molecule has 0 radical (unpaired) electrons. The van der Waals surface area contributed by atoms with Gasteiger partial charge in [-0.15, -0.1) is 0 Å². The second kappa shape index (κ2) is 6.01. The molecule has 0 fully saturated rings. The van der Waals surface area contributed by atoms with Crippen LogP contribution in [-0.2, 0) is 22.5 Å². The maximum Gasteiger partial charge on any atom is 0.407 e. The van der Waals surface area contributed by atoms with E-state index in [1.165, 1.54) is 0 Å². The van der Waals surface area contributed by atoms with Crippen molar-refractivity contribution in [2.75, 3.05) is 0 Å². The number of rotatable bonds is 3. The molecule has 1 aliphatic carbocycles. The van der Waals surface area contributed by atoms with Crippen LogP contribution in [0.1, 0.15) is 37.5 Å². The molecule has 118 valence electrons. The minimum absolute atomic E-state index is 0.220. The zero-order valence-electron chi connectivity index (χ0n) is 12.7. The average molecular weight is 324 g/mol. The van der Waals surface area contributed by atoms with E-state index in [0.29, 0.717) is 22.6 Å². The molecule has 0 saturated heterocycles. The van der Waals surface area contributed by atoms with E-state index in [4.69, 9.17) is 21.4 Å². The van der Waals surface area contributed by atoms with Crippen LogP contribution in [0.3, 0.4) is 0 Å². The third-order valence-corrected chi connectivity index (χ3v) is 3.47. The fourth-order valence-corrected chi connectivity index (χ4v) is 2.42. The summed E-state index contributed by atoms with van der Waals surface area (Å²) < 4.78 is 5.16. The second-order valence-electron chi connectivity index (χ2n) is 6.15. The van der Waals surface area contributed by atoms with Gasteiger partial charge in [-0.2, -0.15) is 0 Å². The first-order valence-electron chi connectivity index (χ1n) is 6.88. The molecule has 1 aromatic rings. The lowest BCUT2D eigenvalue weighted by Crippen LogP contribution is -2.32. The van der Waals surface area contributed by atoms with Crippen LogP contribution in [0.15, 0.2) is 17.7 Å². The number of carboxylic acid groups (broad SMARTS) is 1. The largest absolute Gasteiger partial charge is 0.478 e. The van der Waals surface area contributed by atoms with E-state index in [0.717, 1.165) is 11.1 Å². The normalized spacial score (nSPS) is 13.4. The Morgan fingerprint density at radius 2 is 2.05 bits per heavy atom. The minimum atomic E-state index is -0.930. The standard InChI is InChI=1S/C16H18ClNO4/c1-16(2,3)22-15(21)18-8-12-6-9-4-11(14(19)20)5-10(9)7-13(12)17/h4,6-7H,5,8H2,1-3H3,(H,18,21)(H,19,20). The summed E-state index contributed by atoms with van der Waals surface area (Å²) in [4.78, 5) is 22.7. The van der Waals surface area contributed by atoms with Crippen LogP contribution in [0.4, 0.5) is 4.79 Å². The Morgan fingerprint density at radius 1 is 1.36 bits per heavy atom.